The first-order chi connectivity index (χ1) is 32.1. The van der Waals surface area contributed by atoms with Crippen molar-refractivity contribution in [1.82, 2.24) is 0 Å². The molecule has 322 valence electrons. The van der Waals surface area contributed by atoms with Crippen molar-refractivity contribution in [3.05, 3.63) is 275 Å². The highest BCUT2D eigenvalue weighted by atomic mass is 15.1. The van der Waals surface area contributed by atoms with Gasteiger partial charge in [0, 0.05) is 51.7 Å². The number of rotatable bonds is 14. The van der Waals surface area contributed by atoms with Gasteiger partial charge in [-0.3, -0.25) is 0 Å². The molecule has 1 aliphatic rings. The second kappa shape index (κ2) is 20.6. The Kier molecular flexibility index (Phi) is 13.6. The molecule has 0 aliphatic heterocycles. The van der Waals surface area contributed by atoms with Gasteiger partial charge in [-0.1, -0.05) is 209 Å². The molecular weight excluding hydrogens is 785 g/mol. The molecule has 1 saturated carbocycles. The zero-order valence-electron chi connectivity index (χ0n) is 38.0. The highest BCUT2D eigenvalue weighted by Gasteiger charge is 2.35. The lowest BCUT2D eigenvalue weighted by Crippen LogP contribution is -2.27. The predicted molar refractivity (Wildman–Crippen MR) is 277 cm³/mol. The minimum Gasteiger partial charge on any atom is -0.317 e. The number of hydrogen-bond donors (Lipinski definition) is 0. The third-order valence-corrected chi connectivity index (χ3v) is 13.5. The average Bonchev–Trinajstić information content (AvgIpc) is 3.66. The van der Waals surface area contributed by atoms with E-state index in [1.807, 2.05) is 0 Å². The maximum absolute atomic E-state index is 2.43. The maximum Gasteiger partial charge on any atom is 0.0455 e. The normalized spacial score (nSPS) is 13.3. The fraction of sp³-hybridized carbons (Fsp3) is 0.175. The van der Waals surface area contributed by atoms with Gasteiger partial charge in [0.05, 0.1) is 0 Å². The standard InChI is InChI=1S/C63H60N2/c1-3-49-29-37-57(38-30-49)64(47-61(51-21-11-7-12-22-51)52-23-13-8-14-24-52)59-41-33-55(34-42-59)63(45-19-5-6-20-46-63)56-35-43-60(44-36-56)65(58-39-31-50(4-2)32-40-58)48-62(53-25-15-9-16-26-53)54-27-17-10-18-28-54/h7-18,21-44,47-48H,3-6,19-20,45-46H2,1-2H3. The van der Waals surface area contributed by atoms with Gasteiger partial charge in [0.15, 0.2) is 0 Å². The first-order valence-corrected chi connectivity index (χ1v) is 23.7. The molecule has 2 nitrogen and oxygen atoms in total. The molecule has 1 aliphatic carbocycles. The van der Waals surface area contributed by atoms with Crippen molar-refractivity contribution in [2.45, 2.75) is 70.6 Å². The van der Waals surface area contributed by atoms with Crippen LogP contribution in [-0.2, 0) is 18.3 Å². The van der Waals surface area contributed by atoms with Crippen molar-refractivity contribution in [2.75, 3.05) is 9.80 Å². The molecular formula is C63H60N2. The summed E-state index contributed by atoms with van der Waals surface area (Å²) in [5, 5.41) is 0. The minimum atomic E-state index is -0.0844. The van der Waals surface area contributed by atoms with Gasteiger partial charge in [0.1, 0.15) is 0 Å². The van der Waals surface area contributed by atoms with Crippen LogP contribution in [0.3, 0.4) is 0 Å². The molecule has 9 rings (SSSR count). The van der Waals surface area contributed by atoms with Gasteiger partial charge < -0.3 is 9.80 Å². The summed E-state index contributed by atoms with van der Waals surface area (Å²) in [7, 11) is 0. The van der Waals surface area contributed by atoms with E-state index in [2.05, 4.69) is 254 Å². The van der Waals surface area contributed by atoms with Crippen molar-refractivity contribution in [3.63, 3.8) is 0 Å². The molecule has 2 heteroatoms. The topological polar surface area (TPSA) is 6.48 Å². The number of nitrogens with zero attached hydrogens (tertiary/aromatic N) is 2. The monoisotopic (exact) mass is 844 g/mol. The van der Waals surface area contributed by atoms with Crippen LogP contribution in [0.25, 0.3) is 11.1 Å². The summed E-state index contributed by atoms with van der Waals surface area (Å²) in [5.41, 5.74) is 17.1. The Labute approximate surface area is 387 Å². The molecule has 0 spiro atoms. The van der Waals surface area contributed by atoms with Gasteiger partial charge in [-0.25, -0.2) is 0 Å². The fourth-order valence-corrected chi connectivity index (χ4v) is 9.70. The van der Waals surface area contributed by atoms with E-state index in [9.17, 15) is 0 Å². The van der Waals surface area contributed by atoms with Crippen LogP contribution in [-0.4, -0.2) is 0 Å². The summed E-state index contributed by atoms with van der Waals surface area (Å²) >= 11 is 0. The van der Waals surface area contributed by atoms with Crippen molar-refractivity contribution in [3.8, 4) is 0 Å². The largest absolute Gasteiger partial charge is 0.317 e. The quantitative estimate of drug-likeness (QED) is 0.101. The highest BCUT2D eigenvalue weighted by Crippen LogP contribution is 2.46. The zero-order chi connectivity index (χ0) is 44.3. The van der Waals surface area contributed by atoms with Gasteiger partial charge in [0.2, 0.25) is 0 Å². The van der Waals surface area contributed by atoms with E-state index in [1.165, 1.54) is 81.3 Å². The Balaban J connectivity index is 1.12. The summed E-state index contributed by atoms with van der Waals surface area (Å²) in [6, 6.07) is 80.4. The maximum atomic E-state index is 2.43. The van der Waals surface area contributed by atoms with Crippen LogP contribution in [0.1, 0.15) is 96.9 Å². The van der Waals surface area contributed by atoms with Gasteiger partial charge in [0.25, 0.3) is 0 Å². The molecule has 0 bridgehead atoms. The number of anilines is 4. The fourth-order valence-electron chi connectivity index (χ4n) is 9.70. The van der Waals surface area contributed by atoms with Gasteiger partial charge >= 0.3 is 0 Å². The third-order valence-electron chi connectivity index (χ3n) is 13.5. The van der Waals surface area contributed by atoms with Crippen LogP contribution in [0.4, 0.5) is 22.7 Å². The summed E-state index contributed by atoms with van der Waals surface area (Å²) in [6.45, 7) is 4.44. The molecule has 0 radical (unpaired) electrons. The lowest BCUT2D eigenvalue weighted by molar-refractivity contribution is 0.446. The SMILES string of the molecule is CCc1ccc(N(C=C(c2ccccc2)c2ccccc2)c2ccc(C3(c4ccc(N(C=C(c5ccccc5)c5ccccc5)c5ccc(CC)cc5)cc4)CCCCCC3)cc2)cc1. The minimum absolute atomic E-state index is 0.0844. The zero-order valence-corrected chi connectivity index (χ0v) is 38.0. The number of benzene rings is 8. The van der Waals surface area contributed by atoms with E-state index in [1.54, 1.807) is 0 Å². The van der Waals surface area contributed by atoms with Crippen LogP contribution in [0.5, 0.6) is 0 Å². The van der Waals surface area contributed by atoms with Crippen molar-refractivity contribution >= 4 is 33.9 Å². The molecule has 0 saturated heterocycles. The Morgan fingerprint density at radius 1 is 0.354 bits per heavy atom. The summed E-state index contributed by atoms with van der Waals surface area (Å²) < 4.78 is 0. The summed E-state index contributed by atoms with van der Waals surface area (Å²) in [4.78, 5) is 4.75. The lowest BCUT2D eigenvalue weighted by atomic mass is 9.69. The van der Waals surface area contributed by atoms with E-state index < -0.39 is 0 Å². The first kappa shape index (κ1) is 43.1. The predicted octanol–water partition coefficient (Wildman–Crippen LogP) is 16.9. The summed E-state index contributed by atoms with van der Waals surface area (Å²) in [5.74, 6) is 0. The Hall–Kier alpha value is -7.16. The summed E-state index contributed by atoms with van der Waals surface area (Å²) in [6.07, 6.45) is 13.9. The molecule has 8 aromatic carbocycles. The Morgan fingerprint density at radius 3 is 0.908 bits per heavy atom. The first-order valence-electron chi connectivity index (χ1n) is 23.7. The highest BCUT2D eigenvalue weighted by molar-refractivity contribution is 5.85. The van der Waals surface area contributed by atoms with Crippen LogP contribution in [0, 0.1) is 0 Å². The number of hydrogen-bond acceptors (Lipinski definition) is 2. The molecule has 0 heterocycles. The van der Waals surface area contributed by atoms with Crippen LogP contribution in [0.15, 0.2) is 231 Å². The van der Waals surface area contributed by atoms with E-state index in [0.29, 0.717) is 0 Å². The van der Waals surface area contributed by atoms with Gasteiger partial charge in [-0.05, 0) is 119 Å². The lowest BCUT2D eigenvalue weighted by Gasteiger charge is -2.35. The van der Waals surface area contributed by atoms with Crippen molar-refractivity contribution < 1.29 is 0 Å². The van der Waals surface area contributed by atoms with E-state index in [4.69, 9.17) is 0 Å². The molecule has 0 N–H and O–H groups in total. The van der Waals surface area contributed by atoms with Crippen LogP contribution in [0.2, 0.25) is 0 Å². The molecule has 1 fully saturated rings. The Bertz CT molecular complexity index is 2490. The molecule has 0 unspecified atom stereocenters. The van der Waals surface area contributed by atoms with Gasteiger partial charge in [-0.15, -0.1) is 0 Å². The molecule has 0 aromatic heterocycles. The third kappa shape index (κ3) is 9.83. The molecule has 65 heavy (non-hydrogen) atoms. The van der Waals surface area contributed by atoms with E-state index >= 15 is 0 Å². The van der Waals surface area contributed by atoms with Gasteiger partial charge in [-0.2, -0.15) is 0 Å². The smallest absolute Gasteiger partial charge is 0.0455 e. The van der Waals surface area contributed by atoms with Crippen molar-refractivity contribution in [2.24, 2.45) is 0 Å². The van der Waals surface area contributed by atoms with E-state index in [0.717, 1.165) is 48.4 Å². The molecule has 0 atom stereocenters. The Morgan fingerprint density at radius 2 is 0.631 bits per heavy atom. The second-order valence-corrected chi connectivity index (χ2v) is 17.4. The molecule has 8 aromatic rings. The number of aryl methyl sites for hydroxylation is 2. The van der Waals surface area contributed by atoms with Crippen molar-refractivity contribution in [1.29, 1.82) is 0 Å². The molecule has 0 amide bonds. The van der Waals surface area contributed by atoms with E-state index in [-0.39, 0.29) is 5.41 Å². The van der Waals surface area contributed by atoms with Crippen LogP contribution < -0.4 is 9.80 Å². The van der Waals surface area contributed by atoms with Crippen LogP contribution >= 0.6 is 0 Å². The second-order valence-electron chi connectivity index (χ2n) is 17.4. The average molecular weight is 845 g/mol.